The molecule has 5 rings (SSSR count). The molecule has 2 heterocycles. The highest BCUT2D eigenvalue weighted by atomic mass is 32.2. The van der Waals surface area contributed by atoms with Crippen molar-refractivity contribution >= 4 is 16.1 Å². The monoisotopic (exact) mass is 590 g/mol. The van der Waals surface area contributed by atoms with Crippen LogP contribution in [-0.2, 0) is 35.5 Å². The van der Waals surface area contributed by atoms with E-state index in [1.807, 2.05) is 30.3 Å². The van der Waals surface area contributed by atoms with Crippen LogP contribution in [0.15, 0.2) is 59.5 Å². The highest BCUT2D eigenvalue weighted by Gasteiger charge is 2.44. The Morgan fingerprint density at radius 1 is 1.07 bits per heavy atom. The molecule has 11 nitrogen and oxygen atoms in total. The van der Waals surface area contributed by atoms with Crippen LogP contribution in [0.1, 0.15) is 37.7 Å². The fourth-order valence-corrected chi connectivity index (χ4v) is 6.82. The molecule has 2 aliphatic heterocycles. The minimum Gasteiger partial charge on any atom is -0.497 e. The molecule has 2 N–H and O–H groups in total. The summed E-state index contributed by atoms with van der Waals surface area (Å²) in [5.74, 6) is 0.476. The molecule has 0 aromatic heterocycles. The summed E-state index contributed by atoms with van der Waals surface area (Å²) >= 11 is 0. The number of amides is 1. The number of nitrogens with one attached hydrogen (secondary N) is 1. The van der Waals surface area contributed by atoms with E-state index in [9.17, 15) is 18.3 Å². The van der Waals surface area contributed by atoms with Crippen molar-refractivity contribution in [2.75, 3.05) is 26.9 Å². The van der Waals surface area contributed by atoms with Crippen LogP contribution in [0.5, 0.6) is 5.75 Å². The molecule has 1 amide bonds. The second kappa shape index (κ2) is 13.5. The zero-order chi connectivity index (χ0) is 28.8. The molecule has 0 bridgehead atoms. The van der Waals surface area contributed by atoms with E-state index in [0.717, 1.165) is 42.1 Å². The fraction of sp³-hybridized carbons (Fsp3) is 0.552. The van der Waals surface area contributed by atoms with E-state index in [4.69, 9.17) is 23.8 Å². The molecular formula is C29H38N2O9S. The van der Waals surface area contributed by atoms with Gasteiger partial charge in [-0.2, -0.15) is 0 Å². The Labute approximate surface area is 240 Å². The van der Waals surface area contributed by atoms with Gasteiger partial charge in [-0.25, -0.2) is 13.2 Å². The SMILES string of the molecule is COc1ccc(S(=O)(=O)N(CC(O)[C@H](Cc2ccccc2)NC(=O)OC2COC3OCCC23)OC2CCCC2)cc1. The molecule has 2 aromatic rings. The highest BCUT2D eigenvalue weighted by Crippen LogP contribution is 2.33. The molecule has 2 aromatic carbocycles. The van der Waals surface area contributed by atoms with Gasteiger partial charge in [0.15, 0.2) is 6.29 Å². The number of hydrogen-bond acceptors (Lipinski definition) is 9. The van der Waals surface area contributed by atoms with Crippen molar-refractivity contribution in [1.82, 2.24) is 9.79 Å². The Morgan fingerprint density at radius 2 is 1.80 bits per heavy atom. The third kappa shape index (κ3) is 7.37. The number of sulfonamides is 1. The predicted molar refractivity (Wildman–Crippen MR) is 147 cm³/mol. The van der Waals surface area contributed by atoms with Gasteiger partial charge in [0.25, 0.3) is 10.0 Å². The van der Waals surface area contributed by atoms with E-state index >= 15 is 0 Å². The van der Waals surface area contributed by atoms with Gasteiger partial charge in [-0.05, 0) is 55.5 Å². The van der Waals surface area contributed by atoms with Crippen molar-refractivity contribution in [3.63, 3.8) is 0 Å². The van der Waals surface area contributed by atoms with Gasteiger partial charge >= 0.3 is 6.09 Å². The van der Waals surface area contributed by atoms with Crippen LogP contribution >= 0.6 is 0 Å². The molecule has 224 valence electrons. The summed E-state index contributed by atoms with van der Waals surface area (Å²) in [4.78, 5) is 19.0. The Hall–Kier alpha value is -2.74. The first-order chi connectivity index (χ1) is 19.8. The van der Waals surface area contributed by atoms with Crippen molar-refractivity contribution in [2.24, 2.45) is 5.92 Å². The van der Waals surface area contributed by atoms with Crippen molar-refractivity contribution in [1.29, 1.82) is 0 Å². The topological polar surface area (TPSA) is 133 Å². The predicted octanol–water partition coefficient (Wildman–Crippen LogP) is 3.02. The van der Waals surface area contributed by atoms with Crippen LogP contribution in [-0.4, -0.2) is 81.6 Å². The van der Waals surface area contributed by atoms with Gasteiger partial charge in [-0.1, -0.05) is 47.6 Å². The molecule has 1 saturated carbocycles. The highest BCUT2D eigenvalue weighted by molar-refractivity contribution is 7.89. The average Bonchev–Trinajstić information content (AvgIpc) is 3.74. The molecule has 12 heteroatoms. The Kier molecular flexibility index (Phi) is 9.79. The molecule has 1 aliphatic carbocycles. The number of carbonyl (C=O) groups excluding carboxylic acids is 1. The molecule has 2 saturated heterocycles. The summed E-state index contributed by atoms with van der Waals surface area (Å²) < 4.78 is 50.2. The van der Waals surface area contributed by atoms with Gasteiger partial charge in [0.1, 0.15) is 11.9 Å². The van der Waals surface area contributed by atoms with Crippen LogP contribution in [0.2, 0.25) is 0 Å². The number of hydroxylamine groups is 1. The molecule has 4 unspecified atom stereocenters. The lowest BCUT2D eigenvalue weighted by Crippen LogP contribution is -2.51. The van der Waals surface area contributed by atoms with Crippen LogP contribution in [0.25, 0.3) is 0 Å². The van der Waals surface area contributed by atoms with Gasteiger partial charge in [0.2, 0.25) is 0 Å². The van der Waals surface area contributed by atoms with E-state index in [1.54, 1.807) is 12.1 Å². The van der Waals surface area contributed by atoms with Crippen LogP contribution in [0.4, 0.5) is 4.79 Å². The molecule has 3 fully saturated rings. The third-order valence-corrected chi connectivity index (χ3v) is 9.48. The Bertz CT molecular complexity index is 1240. The quantitative estimate of drug-likeness (QED) is 0.358. The lowest BCUT2D eigenvalue weighted by molar-refractivity contribution is -0.145. The lowest BCUT2D eigenvalue weighted by Gasteiger charge is -2.31. The first kappa shape index (κ1) is 29.7. The maximum atomic E-state index is 13.7. The summed E-state index contributed by atoms with van der Waals surface area (Å²) in [5.41, 5.74) is 0.853. The van der Waals surface area contributed by atoms with E-state index in [2.05, 4.69) is 5.32 Å². The number of aliphatic hydroxyl groups excluding tert-OH is 1. The minimum atomic E-state index is -4.15. The molecular weight excluding hydrogens is 552 g/mol. The van der Waals surface area contributed by atoms with E-state index < -0.39 is 40.9 Å². The first-order valence-electron chi connectivity index (χ1n) is 14.1. The van der Waals surface area contributed by atoms with Gasteiger partial charge in [-0.15, -0.1) is 0 Å². The van der Waals surface area contributed by atoms with E-state index in [1.165, 1.54) is 19.2 Å². The molecule has 5 atom stereocenters. The summed E-state index contributed by atoms with van der Waals surface area (Å²) in [7, 11) is -2.65. The largest absolute Gasteiger partial charge is 0.497 e. The Balaban J connectivity index is 1.33. The normalized spacial score (nSPS) is 24.2. The number of aliphatic hydroxyl groups is 1. The van der Waals surface area contributed by atoms with Gasteiger partial charge in [-0.3, -0.25) is 4.84 Å². The number of carbonyl (C=O) groups is 1. The summed E-state index contributed by atoms with van der Waals surface area (Å²) in [6, 6.07) is 14.4. The van der Waals surface area contributed by atoms with Crippen molar-refractivity contribution < 1.29 is 42.1 Å². The molecule has 0 radical (unpaired) electrons. The standard InChI is InChI=1S/C29H38N2O9S/c1-36-21-11-13-23(14-12-21)41(34,35)31(40-22-9-5-6-10-22)18-26(32)25(17-20-7-3-2-4-8-20)30-29(33)39-27-19-38-28-24(27)15-16-37-28/h2-4,7-8,11-14,22,24-28,32H,5-6,9-10,15-19H2,1H3,(H,30,33)/t24?,25-,26?,27?,28?/m0/s1. The number of hydrogen-bond donors (Lipinski definition) is 2. The average molecular weight is 591 g/mol. The smallest absolute Gasteiger partial charge is 0.407 e. The van der Waals surface area contributed by atoms with Gasteiger partial charge < -0.3 is 29.4 Å². The minimum absolute atomic E-state index is 0.00467. The van der Waals surface area contributed by atoms with Crippen molar-refractivity contribution in [3.8, 4) is 5.75 Å². The van der Waals surface area contributed by atoms with E-state index in [0.29, 0.717) is 12.4 Å². The lowest BCUT2D eigenvalue weighted by atomic mass is 10.0. The molecule has 41 heavy (non-hydrogen) atoms. The van der Waals surface area contributed by atoms with Gasteiger partial charge in [0.05, 0.1) is 55.9 Å². The number of fused-ring (bicyclic) bond motifs is 1. The molecule has 3 aliphatic rings. The van der Waals surface area contributed by atoms with E-state index in [-0.39, 0.29) is 36.2 Å². The van der Waals surface area contributed by atoms with Crippen LogP contribution in [0.3, 0.4) is 0 Å². The number of rotatable bonds is 12. The second-order valence-corrected chi connectivity index (χ2v) is 12.5. The third-order valence-electron chi connectivity index (χ3n) is 7.84. The van der Waals surface area contributed by atoms with Crippen molar-refractivity contribution in [3.05, 3.63) is 60.2 Å². The summed E-state index contributed by atoms with van der Waals surface area (Å²) in [6.45, 7) is 0.386. The van der Waals surface area contributed by atoms with Crippen LogP contribution < -0.4 is 10.1 Å². The zero-order valence-corrected chi connectivity index (χ0v) is 23.9. The summed E-state index contributed by atoms with van der Waals surface area (Å²) in [6.07, 6.45) is 1.13. The first-order valence-corrected chi connectivity index (χ1v) is 15.5. The maximum absolute atomic E-state index is 13.7. The number of alkyl carbamates (subject to hydrolysis) is 1. The summed E-state index contributed by atoms with van der Waals surface area (Å²) in [5, 5.41) is 14.2. The number of nitrogens with zero attached hydrogens (tertiary/aromatic N) is 1. The Morgan fingerprint density at radius 3 is 2.51 bits per heavy atom. The molecule has 0 spiro atoms. The maximum Gasteiger partial charge on any atom is 0.407 e. The fourth-order valence-electron chi connectivity index (χ4n) is 5.52. The number of ether oxygens (including phenoxy) is 4. The number of methoxy groups -OCH3 is 1. The number of benzene rings is 2. The van der Waals surface area contributed by atoms with Crippen LogP contribution in [0, 0.1) is 5.92 Å². The van der Waals surface area contributed by atoms with Crippen molar-refractivity contribution in [2.45, 2.75) is 74.1 Å². The van der Waals surface area contributed by atoms with Gasteiger partial charge in [0, 0.05) is 0 Å². The zero-order valence-electron chi connectivity index (χ0n) is 23.1. The second-order valence-electron chi connectivity index (χ2n) is 10.7.